The highest BCUT2D eigenvalue weighted by atomic mass is 15.4. The van der Waals surface area contributed by atoms with Gasteiger partial charge in [0.2, 0.25) is 0 Å². The van der Waals surface area contributed by atoms with Gasteiger partial charge in [-0.25, -0.2) is 0 Å². The molecule has 0 spiro atoms. The molecule has 0 atom stereocenters. The normalized spacial score (nSPS) is 10.5. The Morgan fingerprint density at radius 1 is 1.27 bits per heavy atom. The Bertz CT molecular complexity index is 408. The van der Waals surface area contributed by atoms with Crippen molar-refractivity contribution in [3.63, 3.8) is 0 Å². The Morgan fingerprint density at radius 2 is 2.07 bits per heavy atom. The van der Waals surface area contributed by atoms with Gasteiger partial charge in [0.05, 0.1) is 12.7 Å². The number of nitrogens with one attached hydrogen (secondary N) is 1. The van der Waals surface area contributed by atoms with Gasteiger partial charge >= 0.3 is 0 Å². The number of nitrogens with zero attached hydrogens (tertiary/aromatic N) is 3. The molecule has 2 aromatic rings. The fourth-order valence-electron chi connectivity index (χ4n) is 1.38. The van der Waals surface area contributed by atoms with Crippen molar-refractivity contribution in [2.24, 2.45) is 0 Å². The second-order valence-corrected chi connectivity index (χ2v) is 3.34. The smallest absolute Gasteiger partial charge is 0.113 e. The predicted octanol–water partition coefficient (Wildman–Crippen LogP) is 1.16. The first-order chi connectivity index (χ1) is 7.40. The van der Waals surface area contributed by atoms with E-state index in [4.69, 9.17) is 0 Å². The van der Waals surface area contributed by atoms with Crippen LogP contribution >= 0.6 is 0 Å². The summed E-state index contributed by atoms with van der Waals surface area (Å²) in [6.07, 6.45) is 1.96. The third-order valence-electron chi connectivity index (χ3n) is 2.20. The molecule has 0 aliphatic carbocycles. The minimum Gasteiger partial charge on any atom is -0.318 e. The van der Waals surface area contributed by atoms with E-state index in [1.807, 2.05) is 48.3 Å². The molecule has 0 amide bonds. The van der Waals surface area contributed by atoms with Crippen LogP contribution in [0.15, 0.2) is 36.5 Å². The highest BCUT2D eigenvalue weighted by molar-refractivity contribution is 5.56. The molecule has 0 saturated carbocycles. The molecule has 4 nitrogen and oxygen atoms in total. The molecule has 0 fully saturated rings. The molecule has 78 valence electrons. The molecule has 1 aromatic carbocycles. The monoisotopic (exact) mass is 202 g/mol. The van der Waals surface area contributed by atoms with Crippen molar-refractivity contribution in [3.05, 3.63) is 36.5 Å². The van der Waals surface area contributed by atoms with Gasteiger partial charge in [0.25, 0.3) is 0 Å². The van der Waals surface area contributed by atoms with E-state index in [0.717, 1.165) is 24.3 Å². The van der Waals surface area contributed by atoms with E-state index in [0.29, 0.717) is 0 Å². The molecule has 0 saturated heterocycles. The van der Waals surface area contributed by atoms with Crippen LogP contribution in [0, 0.1) is 0 Å². The van der Waals surface area contributed by atoms with Crippen LogP contribution in [0.3, 0.4) is 0 Å². The maximum Gasteiger partial charge on any atom is 0.113 e. The van der Waals surface area contributed by atoms with Gasteiger partial charge in [-0.3, -0.25) is 4.68 Å². The first-order valence-electron chi connectivity index (χ1n) is 5.00. The van der Waals surface area contributed by atoms with Crippen LogP contribution in [0.25, 0.3) is 11.3 Å². The first kappa shape index (κ1) is 9.86. The molecular weight excluding hydrogens is 188 g/mol. The maximum absolute atomic E-state index is 4.12. The molecule has 0 bridgehead atoms. The van der Waals surface area contributed by atoms with Crippen molar-refractivity contribution in [1.29, 1.82) is 0 Å². The average Bonchev–Trinajstić information content (AvgIpc) is 2.76. The zero-order chi connectivity index (χ0) is 10.5. The van der Waals surface area contributed by atoms with Crippen LogP contribution in [0.1, 0.15) is 0 Å². The topological polar surface area (TPSA) is 42.7 Å². The van der Waals surface area contributed by atoms with E-state index in [2.05, 4.69) is 15.6 Å². The lowest BCUT2D eigenvalue weighted by Crippen LogP contribution is -2.15. The lowest BCUT2D eigenvalue weighted by Gasteiger charge is -1.97. The number of hydrogen-bond donors (Lipinski definition) is 1. The summed E-state index contributed by atoms with van der Waals surface area (Å²) in [5.41, 5.74) is 2.03. The zero-order valence-corrected chi connectivity index (χ0v) is 8.72. The fourth-order valence-corrected chi connectivity index (χ4v) is 1.38. The summed E-state index contributed by atoms with van der Waals surface area (Å²) in [5.74, 6) is 0. The van der Waals surface area contributed by atoms with Crippen molar-refractivity contribution in [1.82, 2.24) is 20.3 Å². The van der Waals surface area contributed by atoms with Crippen molar-refractivity contribution in [2.45, 2.75) is 6.54 Å². The van der Waals surface area contributed by atoms with Crippen molar-refractivity contribution >= 4 is 0 Å². The third kappa shape index (κ3) is 2.41. The Balaban J connectivity index is 2.14. The van der Waals surface area contributed by atoms with Gasteiger partial charge in [-0.05, 0) is 7.05 Å². The van der Waals surface area contributed by atoms with Crippen molar-refractivity contribution < 1.29 is 0 Å². The Hall–Kier alpha value is -1.68. The van der Waals surface area contributed by atoms with Crippen LogP contribution < -0.4 is 5.32 Å². The molecular formula is C11H14N4. The number of hydrogen-bond acceptors (Lipinski definition) is 3. The number of likely N-dealkylation sites (N-methyl/N-ethyl adjacent to an activating group) is 1. The van der Waals surface area contributed by atoms with Gasteiger partial charge in [-0.1, -0.05) is 35.5 Å². The molecule has 15 heavy (non-hydrogen) atoms. The Labute approximate surface area is 88.9 Å². The van der Waals surface area contributed by atoms with Gasteiger partial charge in [0, 0.05) is 12.1 Å². The molecule has 1 aromatic heterocycles. The summed E-state index contributed by atoms with van der Waals surface area (Å²) in [6.45, 7) is 1.74. The zero-order valence-electron chi connectivity index (χ0n) is 8.72. The van der Waals surface area contributed by atoms with Gasteiger partial charge in [-0.15, -0.1) is 5.10 Å². The summed E-state index contributed by atoms with van der Waals surface area (Å²) >= 11 is 0. The Kier molecular flexibility index (Phi) is 3.09. The quantitative estimate of drug-likeness (QED) is 0.809. The number of aromatic nitrogens is 3. The highest BCUT2D eigenvalue weighted by Gasteiger charge is 2.01. The lowest BCUT2D eigenvalue weighted by molar-refractivity contribution is 0.565. The van der Waals surface area contributed by atoms with Gasteiger partial charge in [0.1, 0.15) is 5.69 Å². The van der Waals surface area contributed by atoms with E-state index in [9.17, 15) is 0 Å². The summed E-state index contributed by atoms with van der Waals surface area (Å²) < 4.78 is 1.85. The van der Waals surface area contributed by atoms with E-state index < -0.39 is 0 Å². The summed E-state index contributed by atoms with van der Waals surface area (Å²) in [4.78, 5) is 0. The Morgan fingerprint density at radius 3 is 2.80 bits per heavy atom. The fraction of sp³-hybridized carbons (Fsp3) is 0.273. The number of rotatable bonds is 4. The molecule has 1 N–H and O–H groups in total. The van der Waals surface area contributed by atoms with E-state index in [-0.39, 0.29) is 0 Å². The first-order valence-corrected chi connectivity index (χ1v) is 5.00. The third-order valence-corrected chi connectivity index (χ3v) is 2.20. The van der Waals surface area contributed by atoms with E-state index >= 15 is 0 Å². The van der Waals surface area contributed by atoms with E-state index in [1.54, 1.807) is 0 Å². The molecule has 4 heteroatoms. The standard InChI is InChI=1S/C11H14N4/c1-12-7-8-15-9-11(13-14-15)10-5-3-2-4-6-10/h2-6,9,12H,7-8H2,1H3. The van der Waals surface area contributed by atoms with Crippen molar-refractivity contribution in [2.75, 3.05) is 13.6 Å². The van der Waals surface area contributed by atoms with Crippen LogP contribution in [0.5, 0.6) is 0 Å². The summed E-state index contributed by atoms with van der Waals surface area (Å²) in [7, 11) is 1.93. The largest absolute Gasteiger partial charge is 0.318 e. The average molecular weight is 202 g/mol. The van der Waals surface area contributed by atoms with Crippen LogP contribution in [0.2, 0.25) is 0 Å². The molecule has 0 aliphatic rings. The van der Waals surface area contributed by atoms with Crippen LogP contribution in [-0.2, 0) is 6.54 Å². The second-order valence-electron chi connectivity index (χ2n) is 3.34. The minimum atomic E-state index is 0.844. The van der Waals surface area contributed by atoms with Crippen molar-refractivity contribution in [3.8, 4) is 11.3 Å². The molecule has 0 aliphatic heterocycles. The molecule has 2 rings (SSSR count). The second kappa shape index (κ2) is 4.70. The minimum absolute atomic E-state index is 0.844. The predicted molar refractivity (Wildman–Crippen MR) is 59.4 cm³/mol. The maximum atomic E-state index is 4.12. The van der Waals surface area contributed by atoms with Crippen LogP contribution in [-0.4, -0.2) is 28.6 Å². The molecule has 1 heterocycles. The molecule has 0 unspecified atom stereocenters. The molecule has 0 radical (unpaired) electrons. The summed E-state index contributed by atoms with van der Waals surface area (Å²) in [6, 6.07) is 10.1. The van der Waals surface area contributed by atoms with Gasteiger partial charge < -0.3 is 5.32 Å². The highest BCUT2D eigenvalue weighted by Crippen LogP contribution is 2.14. The lowest BCUT2D eigenvalue weighted by atomic mass is 10.2. The summed E-state index contributed by atoms with van der Waals surface area (Å²) in [5, 5.41) is 11.3. The van der Waals surface area contributed by atoms with E-state index in [1.165, 1.54) is 0 Å². The van der Waals surface area contributed by atoms with Gasteiger partial charge in [0.15, 0.2) is 0 Å². The van der Waals surface area contributed by atoms with Crippen LogP contribution in [0.4, 0.5) is 0 Å². The number of benzene rings is 1. The van der Waals surface area contributed by atoms with Gasteiger partial charge in [-0.2, -0.15) is 0 Å². The SMILES string of the molecule is CNCCn1cc(-c2ccccc2)nn1.